The van der Waals surface area contributed by atoms with Gasteiger partial charge < -0.3 is 0 Å². The van der Waals surface area contributed by atoms with Crippen LogP contribution in [0.5, 0.6) is 0 Å². The molecule has 0 aromatic heterocycles. The van der Waals surface area contributed by atoms with E-state index in [-0.39, 0.29) is 0 Å². The van der Waals surface area contributed by atoms with Crippen LogP contribution in [0.3, 0.4) is 0 Å². The van der Waals surface area contributed by atoms with Crippen LogP contribution in [0.4, 0.5) is 0 Å². The number of rotatable bonds is 2. The van der Waals surface area contributed by atoms with Gasteiger partial charge in [0.2, 0.25) is 0 Å². The SMILES string of the molecule is [CH2]c1cccc(C=Cc2ccccc2)c1. The predicted octanol–water partition coefficient (Wildman–Crippen LogP) is 4.04. The molecule has 0 saturated carbocycles. The van der Waals surface area contributed by atoms with Crippen molar-refractivity contribution in [3.05, 3.63) is 78.2 Å². The lowest BCUT2D eigenvalue weighted by molar-refractivity contribution is 1.58. The Balaban J connectivity index is 2.19. The van der Waals surface area contributed by atoms with Gasteiger partial charge in [0.15, 0.2) is 0 Å². The molecule has 0 unspecified atom stereocenters. The molecule has 0 fully saturated rings. The Bertz CT molecular complexity index is 452. The first-order chi connectivity index (χ1) is 7.34. The van der Waals surface area contributed by atoms with Crippen LogP contribution in [-0.4, -0.2) is 0 Å². The van der Waals surface area contributed by atoms with Crippen molar-refractivity contribution in [3.8, 4) is 0 Å². The lowest BCUT2D eigenvalue weighted by Gasteiger charge is -1.95. The molecule has 0 aliphatic rings. The summed E-state index contributed by atoms with van der Waals surface area (Å²) in [4.78, 5) is 0. The number of benzene rings is 2. The third kappa shape index (κ3) is 2.81. The maximum absolute atomic E-state index is 3.90. The van der Waals surface area contributed by atoms with E-state index in [9.17, 15) is 0 Å². The first-order valence-electron chi connectivity index (χ1n) is 5.00. The van der Waals surface area contributed by atoms with Crippen molar-refractivity contribution in [1.82, 2.24) is 0 Å². The Morgan fingerprint density at radius 2 is 1.40 bits per heavy atom. The van der Waals surface area contributed by atoms with E-state index in [1.165, 1.54) is 11.1 Å². The minimum absolute atomic E-state index is 1.05. The maximum atomic E-state index is 3.90. The van der Waals surface area contributed by atoms with Gasteiger partial charge in [-0.05, 0) is 23.6 Å². The zero-order valence-corrected chi connectivity index (χ0v) is 8.56. The Hall–Kier alpha value is -1.82. The van der Waals surface area contributed by atoms with Crippen molar-refractivity contribution in [2.75, 3.05) is 0 Å². The predicted molar refractivity (Wildman–Crippen MR) is 66.3 cm³/mol. The van der Waals surface area contributed by atoms with E-state index in [2.05, 4.69) is 43.3 Å². The molecule has 2 rings (SSSR count). The zero-order chi connectivity index (χ0) is 10.5. The lowest BCUT2D eigenvalue weighted by atomic mass is 10.1. The summed E-state index contributed by atoms with van der Waals surface area (Å²) in [5.41, 5.74) is 3.45. The fourth-order valence-electron chi connectivity index (χ4n) is 1.45. The van der Waals surface area contributed by atoms with E-state index in [4.69, 9.17) is 0 Å². The Labute approximate surface area is 90.9 Å². The van der Waals surface area contributed by atoms with Gasteiger partial charge in [-0.1, -0.05) is 66.7 Å². The van der Waals surface area contributed by atoms with Crippen LogP contribution in [-0.2, 0) is 0 Å². The van der Waals surface area contributed by atoms with Gasteiger partial charge in [-0.3, -0.25) is 0 Å². The van der Waals surface area contributed by atoms with Gasteiger partial charge >= 0.3 is 0 Å². The molecule has 73 valence electrons. The van der Waals surface area contributed by atoms with Gasteiger partial charge in [-0.15, -0.1) is 0 Å². The van der Waals surface area contributed by atoms with E-state index < -0.39 is 0 Å². The first-order valence-corrected chi connectivity index (χ1v) is 5.00. The molecular weight excluding hydrogens is 180 g/mol. The van der Waals surface area contributed by atoms with E-state index in [1.807, 2.05) is 30.3 Å². The molecule has 1 radical (unpaired) electrons. The van der Waals surface area contributed by atoms with E-state index in [0.29, 0.717) is 0 Å². The Morgan fingerprint density at radius 1 is 0.733 bits per heavy atom. The molecule has 15 heavy (non-hydrogen) atoms. The summed E-state index contributed by atoms with van der Waals surface area (Å²) in [6, 6.07) is 18.4. The van der Waals surface area contributed by atoms with Crippen LogP contribution in [0.25, 0.3) is 12.2 Å². The molecular formula is C15H13. The largest absolute Gasteiger partial charge is 0.0622 e. The molecule has 0 amide bonds. The zero-order valence-electron chi connectivity index (χ0n) is 8.56. The van der Waals surface area contributed by atoms with E-state index >= 15 is 0 Å². The quantitative estimate of drug-likeness (QED) is 0.631. The smallest absolute Gasteiger partial charge is 0.0238 e. The third-order valence-corrected chi connectivity index (χ3v) is 2.22. The summed E-state index contributed by atoms with van der Waals surface area (Å²) < 4.78 is 0. The lowest BCUT2D eigenvalue weighted by Crippen LogP contribution is -1.74. The van der Waals surface area contributed by atoms with E-state index in [0.717, 1.165) is 5.56 Å². The third-order valence-electron chi connectivity index (χ3n) is 2.22. The van der Waals surface area contributed by atoms with Gasteiger partial charge in [-0.25, -0.2) is 0 Å². The second kappa shape index (κ2) is 4.61. The van der Waals surface area contributed by atoms with Crippen LogP contribution in [0.1, 0.15) is 16.7 Å². The van der Waals surface area contributed by atoms with Crippen molar-refractivity contribution < 1.29 is 0 Å². The standard InChI is InChI=1S/C15H13/c1-13-6-5-9-15(12-13)11-10-14-7-3-2-4-8-14/h2-12H,1H2. The summed E-state index contributed by atoms with van der Waals surface area (Å²) in [7, 11) is 0. The summed E-state index contributed by atoms with van der Waals surface area (Å²) in [6.45, 7) is 3.90. The van der Waals surface area contributed by atoms with Crippen LogP contribution in [0, 0.1) is 6.92 Å². The second-order valence-electron chi connectivity index (χ2n) is 3.49. The molecule has 0 N–H and O–H groups in total. The molecule has 2 aromatic rings. The second-order valence-corrected chi connectivity index (χ2v) is 3.49. The highest BCUT2D eigenvalue weighted by Gasteiger charge is 1.87. The van der Waals surface area contributed by atoms with Crippen LogP contribution >= 0.6 is 0 Å². The van der Waals surface area contributed by atoms with Gasteiger partial charge in [-0.2, -0.15) is 0 Å². The van der Waals surface area contributed by atoms with E-state index in [1.54, 1.807) is 0 Å². The molecule has 0 heterocycles. The van der Waals surface area contributed by atoms with Crippen molar-refractivity contribution in [3.63, 3.8) is 0 Å². The van der Waals surface area contributed by atoms with Crippen molar-refractivity contribution in [2.45, 2.75) is 0 Å². The Morgan fingerprint density at radius 3 is 2.13 bits per heavy atom. The summed E-state index contributed by atoms with van der Waals surface area (Å²) in [5.74, 6) is 0. The fourth-order valence-corrected chi connectivity index (χ4v) is 1.45. The van der Waals surface area contributed by atoms with Crippen LogP contribution in [0.2, 0.25) is 0 Å². The minimum atomic E-state index is 1.05. The first kappa shape index (κ1) is 9.72. The van der Waals surface area contributed by atoms with Gasteiger partial charge in [0.05, 0.1) is 0 Å². The average molecular weight is 193 g/mol. The van der Waals surface area contributed by atoms with Gasteiger partial charge in [0.25, 0.3) is 0 Å². The van der Waals surface area contributed by atoms with Crippen molar-refractivity contribution >= 4 is 12.2 Å². The van der Waals surface area contributed by atoms with Crippen molar-refractivity contribution in [2.24, 2.45) is 0 Å². The summed E-state index contributed by atoms with van der Waals surface area (Å²) >= 11 is 0. The van der Waals surface area contributed by atoms with Crippen molar-refractivity contribution in [1.29, 1.82) is 0 Å². The maximum Gasteiger partial charge on any atom is -0.0238 e. The highest BCUT2D eigenvalue weighted by Crippen LogP contribution is 2.09. The molecule has 2 aromatic carbocycles. The van der Waals surface area contributed by atoms with Crippen LogP contribution < -0.4 is 0 Å². The fraction of sp³-hybridized carbons (Fsp3) is 0. The topological polar surface area (TPSA) is 0 Å². The molecule has 0 atom stereocenters. The molecule has 0 spiro atoms. The Kier molecular flexibility index (Phi) is 2.99. The monoisotopic (exact) mass is 193 g/mol. The van der Waals surface area contributed by atoms with Crippen LogP contribution in [0.15, 0.2) is 54.6 Å². The number of hydrogen-bond donors (Lipinski definition) is 0. The highest BCUT2D eigenvalue weighted by atomic mass is 13.9. The van der Waals surface area contributed by atoms with Gasteiger partial charge in [0.1, 0.15) is 0 Å². The van der Waals surface area contributed by atoms with Gasteiger partial charge in [0, 0.05) is 0 Å². The normalized spacial score (nSPS) is 10.7. The average Bonchev–Trinajstić information content (AvgIpc) is 2.28. The molecule has 0 bridgehead atoms. The minimum Gasteiger partial charge on any atom is -0.0622 e. The molecule has 0 nitrogen and oxygen atoms in total. The molecule has 0 saturated heterocycles. The molecule has 0 heteroatoms. The number of hydrogen-bond acceptors (Lipinski definition) is 0. The molecule has 0 aliphatic carbocycles. The highest BCUT2D eigenvalue weighted by molar-refractivity contribution is 5.69. The summed E-state index contributed by atoms with van der Waals surface area (Å²) in [5, 5.41) is 0. The summed E-state index contributed by atoms with van der Waals surface area (Å²) in [6.07, 6.45) is 4.21. The molecule has 0 aliphatic heterocycles.